The minimum Gasteiger partial charge on any atom is -0.314 e. The number of hydrogen-bond donors (Lipinski definition) is 2. The van der Waals surface area contributed by atoms with Crippen molar-refractivity contribution < 1.29 is 0 Å². The van der Waals surface area contributed by atoms with Crippen LogP contribution in [0.1, 0.15) is 44.4 Å². The van der Waals surface area contributed by atoms with Crippen LogP contribution in [-0.4, -0.2) is 28.9 Å². The maximum atomic E-state index is 6.56. The van der Waals surface area contributed by atoms with Gasteiger partial charge in [-0.1, -0.05) is 66.4 Å². The summed E-state index contributed by atoms with van der Waals surface area (Å²) in [5, 5.41) is 14.0. The molecule has 0 spiro atoms. The average molecular weight is 534 g/mol. The Balaban J connectivity index is 1.70. The molecule has 0 fully saturated rings. The van der Waals surface area contributed by atoms with Gasteiger partial charge in [-0.2, -0.15) is 5.10 Å². The molecule has 3 aromatic rings. The van der Waals surface area contributed by atoms with Crippen molar-refractivity contribution in [2.75, 3.05) is 13.1 Å². The highest BCUT2D eigenvalue weighted by Gasteiger charge is 2.19. The third-order valence-corrected chi connectivity index (χ3v) is 7.26. The van der Waals surface area contributed by atoms with Crippen molar-refractivity contribution in [2.45, 2.75) is 52.6 Å². The third-order valence-electron chi connectivity index (χ3n) is 6.47. The van der Waals surface area contributed by atoms with E-state index in [4.69, 9.17) is 39.9 Å². The number of rotatable bonds is 13. The Hall–Kier alpha value is -1.82. The number of aromatic nitrogens is 2. The number of allylic oxidation sites excluding steroid dienone is 1. The second kappa shape index (κ2) is 13.5. The summed E-state index contributed by atoms with van der Waals surface area (Å²) in [4.78, 5) is 0. The summed E-state index contributed by atoms with van der Waals surface area (Å²) in [7, 11) is 0. The van der Waals surface area contributed by atoms with Crippen molar-refractivity contribution in [2.24, 2.45) is 5.92 Å². The zero-order valence-corrected chi connectivity index (χ0v) is 23.0. The van der Waals surface area contributed by atoms with Crippen LogP contribution in [0.2, 0.25) is 15.1 Å². The van der Waals surface area contributed by atoms with E-state index in [1.54, 1.807) is 6.07 Å². The molecule has 2 atom stereocenters. The Kier molecular flexibility index (Phi) is 10.7. The van der Waals surface area contributed by atoms with Gasteiger partial charge in [-0.15, -0.1) is 6.58 Å². The minimum atomic E-state index is 0.488. The van der Waals surface area contributed by atoms with E-state index in [0.29, 0.717) is 33.6 Å². The van der Waals surface area contributed by atoms with Crippen LogP contribution in [0.25, 0.3) is 16.9 Å². The molecule has 0 aliphatic rings. The van der Waals surface area contributed by atoms with E-state index in [0.717, 1.165) is 60.6 Å². The number of nitrogens with one attached hydrogen (secondary N) is 2. The summed E-state index contributed by atoms with van der Waals surface area (Å²) < 4.78 is 1.90. The third kappa shape index (κ3) is 7.34. The normalized spacial score (nSPS) is 13.1. The Bertz CT molecular complexity index is 1110. The zero-order valence-electron chi connectivity index (χ0n) is 20.8. The van der Waals surface area contributed by atoms with E-state index in [1.165, 1.54) is 0 Å². The molecule has 1 heterocycles. The van der Waals surface area contributed by atoms with Gasteiger partial charge in [-0.05, 0) is 81.6 Å². The van der Waals surface area contributed by atoms with E-state index in [9.17, 15) is 0 Å². The van der Waals surface area contributed by atoms with Gasteiger partial charge < -0.3 is 10.6 Å². The molecule has 0 bridgehead atoms. The predicted molar refractivity (Wildman–Crippen MR) is 151 cm³/mol. The Morgan fingerprint density at radius 1 is 1.06 bits per heavy atom. The van der Waals surface area contributed by atoms with Gasteiger partial charge in [-0.25, -0.2) is 4.68 Å². The van der Waals surface area contributed by atoms with Crippen LogP contribution in [0, 0.1) is 12.8 Å². The van der Waals surface area contributed by atoms with Crippen molar-refractivity contribution in [1.29, 1.82) is 0 Å². The Morgan fingerprint density at radius 3 is 2.43 bits per heavy atom. The second-order valence-corrected chi connectivity index (χ2v) is 10.2. The lowest BCUT2D eigenvalue weighted by Crippen LogP contribution is -2.34. The van der Waals surface area contributed by atoms with Crippen LogP contribution in [0.15, 0.2) is 55.1 Å². The van der Waals surface area contributed by atoms with Crippen molar-refractivity contribution in [3.05, 3.63) is 81.4 Å². The van der Waals surface area contributed by atoms with Crippen LogP contribution in [0.3, 0.4) is 0 Å². The fraction of sp³-hybridized carbons (Fsp3) is 0.393. The topological polar surface area (TPSA) is 41.9 Å². The SMILES string of the molecule is C=CCC(CC)C(C)NCCCNCc1nn(-c2ccc(Cl)cc2Cl)c(-c2ccc(Cl)cc2)c1C. The fourth-order valence-corrected chi connectivity index (χ4v) is 4.95. The quantitative estimate of drug-likeness (QED) is 0.173. The van der Waals surface area contributed by atoms with E-state index in [-0.39, 0.29) is 0 Å². The molecule has 35 heavy (non-hydrogen) atoms. The molecule has 2 aromatic carbocycles. The van der Waals surface area contributed by atoms with Crippen molar-refractivity contribution >= 4 is 34.8 Å². The number of benzene rings is 2. The monoisotopic (exact) mass is 532 g/mol. The summed E-state index contributed by atoms with van der Waals surface area (Å²) in [5.41, 5.74) is 4.90. The lowest BCUT2D eigenvalue weighted by atomic mass is 9.94. The summed E-state index contributed by atoms with van der Waals surface area (Å²) in [6, 6.07) is 13.8. The summed E-state index contributed by atoms with van der Waals surface area (Å²) >= 11 is 18.8. The lowest BCUT2D eigenvalue weighted by molar-refractivity contribution is 0.364. The second-order valence-electron chi connectivity index (χ2n) is 8.90. The van der Waals surface area contributed by atoms with E-state index < -0.39 is 0 Å². The van der Waals surface area contributed by atoms with E-state index in [1.807, 2.05) is 47.2 Å². The van der Waals surface area contributed by atoms with Crippen LogP contribution >= 0.6 is 34.8 Å². The van der Waals surface area contributed by atoms with Gasteiger partial charge in [0.15, 0.2) is 0 Å². The van der Waals surface area contributed by atoms with Gasteiger partial charge in [0.2, 0.25) is 0 Å². The molecule has 4 nitrogen and oxygen atoms in total. The van der Waals surface area contributed by atoms with Crippen LogP contribution in [0.4, 0.5) is 0 Å². The molecular weight excluding hydrogens is 499 g/mol. The van der Waals surface area contributed by atoms with Gasteiger partial charge >= 0.3 is 0 Å². The minimum absolute atomic E-state index is 0.488. The van der Waals surface area contributed by atoms with Crippen molar-refractivity contribution in [3.63, 3.8) is 0 Å². The molecule has 0 saturated carbocycles. The predicted octanol–water partition coefficient (Wildman–Crippen LogP) is 7.87. The van der Waals surface area contributed by atoms with Gasteiger partial charge in [0, 0.05) is 28.2 Å². The van der Waals surface area contributed by atoms with Crippen LogP contribution in [0.5, 0.6) is 0 Å². The molecule has 0 aliphatic carbocycles. The zero-order chi connectivity index (χ0) is 25.4. The van der Waals surface area contributed by atoms with Crippen LogP contribution < -0.4 is 10.6 Å². The first kappa shape index (κ1) is 27.8. The smallest absolute Gasteiger partial charge is 0.0840 e. The molecule has 2 unspecified atom stereocenters. The Labute approximate surface area is 224 Å². The van der Waals surface area contributed by atoms with Gasteiger partial charge in [0.25, 0.3) is 0 Å². The highest BCUT2D eigenvalue weighted by Crippen LogP contribution is 2.33. The molecule has 0 aliphatic heterocycles. The molecule has 3 rings (SSSR count). The first-order valence-corrected chi connectivity index (χ1v) is 13.3. The Morgan fingerprint density at radius 2 is 1.77 bits per heavy atom. The molecule has 1 aromatic heterocycles. The average Bonchev–Trinajstić information content (AvgIpc) is 3.15. The maximum Gasteiger partial charge on any atom is 0.0840 e. The highest BCUT2D eigenvalue weighted by atomic mass is 35.5. The summed E-state index contributed by atoms with van der Waals surface area (Å²) in [6.07, 6.45) is 5.28. The molecular formula is C28H35Cl3N4. The summed E-state index contributed by atoms with van der Waals surface area (Å²) in [5.74, 6) is 0.637. The van der Waals surface area contributed by atoms with E-state index >= 15 is 0 Å². The molecule has 0 amide bonds. The number of hydrogen-bond acceptors (Lipinski definition) is 3. The van der Waals surface area contributed by atoms with Crippen molar-refractivity contribution in [1.82, 2.24) is 20.4 Å². The molecule has 0 radical (unpaired) electrons. The first-order chi connectivity index (χ1) is 16.8. The van der Waals surface area contributed by atoms with Crippen molar-refractivity contribution in [3.8, 4) is 16.9 Å². The largest absolute Gasteiger partial charge is 0.314 e. The highest BCUT2D eigenvalue weighted by molar-refractivity contribution is 6.35. The first-order valence-electron chi connectivity index (χ1n) is 12.2. The van der Waals surface area contributed by atoms with E-state index in [2.05, 4.69) is 38.0 Å². The molecule has 2 N–H and O–H groups in total. The standard InChI is InChI=1S/C28H35Cl3N4/c1-5-8-21(6-2)20(4)33-16-7-15-32-18-26-19(3)28(22-9-11-23(29)12-10-22)35(34-26)27-14-13-24(30)17-25(27)31/h5,9-14,17,20-21,32-33H,1,6-8,15-16,18H2,2-4H3. The number of halogens is 3. The lowest BCUT2D eigenvalue weighted by Gasteiger charge is -2.22. The summed E-state index contributed by atoms with van der Waals surface area (Å²) in [6.45, 7) is 13.0. The van der Waals surface area contributed by atoms with Gasteiger partial charge in [-0.3, -0.25) is 0 Å². The van der Waals surface area contributed by atoms with Gasteiger partial charge in [0.05, 0.1) is 22.1 Å². The fourth-order valence-electron chi connectivity index (χ4n) is 4.34. The maximum absolute atomic E-state index is 6.56. The molecule has 188 valence electrons. The van der Waals surface area contributed by atoms with Gasteiger partial charge in [0.1, 0.15) is 0 Å². The van der Waals surface area contributed by atoms with Crippen LogP contribution in [-0.2, 0) is 6.54 Å². The number of nitrogens with zero attached hydrogens (tertiary/aromatic N) is 2. The molecule has 7 heteroatoms. The molecule has 0 saturated heterocycles.